The first-order valence-corrected chi connectivity index (χ1v) is 6.12. The van der Waals surface area contributed by atoms with Gasteiger partial charge in [-0.2, -0.15) is 0 Å². The summed E-state index contributed by atoms with van der Waals surface area (Å²) < 4.78 is 5.37. The van der Waals surface area contributed by atoms with Crippen molar-refractivity contribution in [2.24, 2.45) is 5.73 Å². The maximum atomic E-state index is 11.9. The maximum absolute atomic E-state index is 11.9. The number of carbonyl (C=O) groups is 1. The molecule has 0 aliphatic carbocycles. The number of hydrogen-bond donors (Lipinski definition) is 1. The second-order valence-electron chi connectivity index (χ2n) is 3.62. The van der Waals surface area contributed by atoms with Crippen LogP contribution in [0.1, 0.15) is 17.0 Å². The second-order valence-corrected chi connectivity index (χ2v) is 4.43. The molecular weight excluding hydrogens is 248 g/mol. The molecule has 2 N–H and O–H groups in total. The van der Waals surface area contributed by atoms with E-state index in [-0.39, 0.29) is 24.4 Å². The Morgan fingerprint density at radius 1 is 1.62 bits per heavy atom. The Bertz CT molecular complexity index is 369. The summed E-state index contributed by atoms with van der Waals surface area (Å²) in [5.41, 5.74) is 5.74. The molecule has 1 fully saturated rings. The quantitative estimate of drug-likeness (QED) is 0.823. The molecule has 1 aliphatic rings. The van der Waals surface area contributed by atoms with E-state index in [9.17, 15) is 4.79 Å². The molecule has 2 rings (SSSR count). The van der Waals surface area contributed by atoms with Gasteiger partial charge in [0.15, 0.2) is 10.9 Å². The van der Waals surface area contributed by atoms with E-state index in [4.69, 9.17) is 10.2 Å². The third-order valence-corrected chi connectivity index (χ3v) is 3.13. The SMILES string of the molecule is CSc1ccc(C(=O)N2CC[C@@H](N)C2)o1.Cl. The van der Waals surface area contributed by atoms with Gasteiger partial charge in [0, 0.05) is 19.1 Å². The van der Waals surface area contributed by atoms with E-state index >= 15 is 0 Å². The van der Waals surface area contributed by atoms with E-state index < -0.39 is 0 Å². The van der Waals surface area contributed by atoms with Crippen LogP contribution in [0.5, 0.6) is 0 Å². The zero-order chi connectivity index (χ0) is 10.8. The number of hydrogen-bond acceptors (Lipinski definition) is 4. The van der Waals surface area contributed by atoms with Gasteiger partial charge >= 0.3 is 0 Å². The zero-order valence-electron chi connectivity index (χ0n) is 9.01. The molecule has 0 unspecified atom stereocenters. The highest BCUT2D eigenvalue weighted by Gasteiger charge is 2.26. The smallest absolute Gasteiger partial charge is 0.289 e. The van der Waals surface area contributed by atoms with E-state index in [1.54, 1.807) is 11.0 Å². The normalized spacial score (nSPS) is 19.6. The van der Waals surface area contributed by atoms with Crippen molar-refractivity contribution in [3.8, 4) is 0 Å². The highest BCUT2D eigenvalue weighted by molar-refractivity contribution is 7.98. The number of carbonyl (C=O) groups excluding carboxylic acids is 1. The van der Waals surface area contributed by atoms with Gasteiger partial charge in [0.25, 0.3) is 5.91 Å². The Morgan fingerprint density at radius 3 is 2.88 bits per heavy atom. The van der Waals surface area contributed by atoms with Crippen molar-refractivity contribution in [3.05, 3.63) is 17.9 Å². The summed E-state index contributed by atoms with van der Waals surface area (Å²) >= 11 is 1.49. The van der Waals surface area contributed by atoms with Crippen molar-refractivity contribution in [1.82, 2.24) is 4.90 Å². The van der Waals surface area contributed by atoms with Crippen LogP contribution in [-0.2, 0) is 0 Å². The van der Waals surface area contributed by atoms with Crippen LogP contribution in [0.15, 0.2) is 21.6 Å². The lowest BCUT2D eigenvalue weighted by molar-refractivity contribution is 0.0754. The first-order chi connectivity index (χ1) is 7.20. The molecule has 0 spiro atoms. The number of amides is 1. The van der Waals surface area contributed by atoms with Gasteiger partial charge in [-0.1, -0.05) is 11.8 Å². The van der Waals surface area contributed by atoms with Gasteiger partial charge in [-0.3, -0.25) is 4.79 Å². The van der Waals surface area contributed by atoms with Crippen molar-refractivity contribution in [2.75, 3.05) is 19.3 Å². The predicted molar refractivity (Wildman–Crippen MR) is 66.2 cm³/mol. The van der Waals surface area contributed by atoms with Crippen LogP contribution in [0, 0.1) is 0 Å². The minimum atomic E-state index is -0.0525. The Kier molecular flexibility index (Phi) is 4.70. The molecule has 1 amide bonds. The molecule has 1 aromatic rings. The summed E-state index contributed by atoms with van der Waals surface area (Å²) in [6.45, 7) is 1.36. The minimum Gasteiger partial charge on any atom is -0.445 e. The summed E-state index contributed by atoms with van der Waals surface area (Å²) in [4.78, 5) is 13.6. The minimum absolute atomic E-state index is 0. The number of halogens is 1. The molecular formula is C10H15ClN2O2S. The largest absolute Gasteiger partial charge is 0.445 e. The molecule has 2 heterocycles. The summed E-state index contributed by atoms with van der Waals surface area (Å²) in [5, 5.41) is 0.766. The maximum Gasteiger partial charge on any atom is 0.289 e. The van der Waals surface area contributed by atoms with Crippen LogP contribution in [0.4, 0.5) is 0 Å². The Balaban J connectivity index is 0.00000128. The molecule has 0 bridgehead atoms. The van der Waals surface area contributed by atoms with Crippen molar-refractivity contribution < 1.29 is 9.21 Å². The van der Waals surface area contributed by atoms with E-state index in [2.05, 4.69) is 0 Å². The van der Waals surface area contributed by atoms with Crippen molar-refractivity contribution >= 4 is 30.1 Å². The highest BCUT2D eigenvalue weighted by Crippen LogP contribution is 2.20. The summed E-state index contributed by atoms with van der Waals surface area (Å²) in [6.07, 6.45) is 2.79. The van der Waals surface area contributed by atoms with Crippen LogP contribution >= 0.6 is 24.2 Å². The standard InChI is InChI=1S/C10H14N2O2S.ClH/c1-15-9-3-2-8(14-9)10(13)12-5-4-7(11)6-12;/h2-3,7H,4-6,11H2,1H3;1H/t7-;/m1./s1. The molecule has 0 radical (unpaired) electrons. The second kappa shape index (κ2) is 5.61. The van der Waals surface area contributed by atoms with Gasteiger partial charge < -0.3 is 15.1 Å². The molecule has 0 saturated carbocycles. The third-order valence-electron chi connectivity index (χ3n) is 2.51. The fraction of sp³-hybridized carbons (Fsp3) is 0.500. The lowest BCUT2D eigenvalue weighted by Crippen LogP contribution is -2.31. The Hall–Kier alpha value is -0.650. The van der Waals surface area contributed by atoms with Crippen molar-refractivity contribution in [2.45, 2.75) is 17.6 Å². The van der Waals surface area contributed by atoms with Crippen molar-refractivity contribution in [1.29, 1.82) is 0 Å². The molecule has 6 heteroatoms. The topological polar surface area (TPSA) is 59.5 Å². The fourth-order valence-electron chi connectivity index (χ4n) is 1.67. The fourth-order valence-corrected chi connectivity index (χ4v) is 2.05. The zero-order valence-corrected chi connectivity index (χ0v) is 10.6. The molecule has 1 saturated heterocycles. The molecule has 16 heavy (non-hydrogen) atoms. The average Bonchev–Trinajstić information content (AvgIpc) is 2.84. The van der Waals surface area contributed by atoms with Gasteiger partial charge in [0.1, 0.15) is 0 Å². The van der Waals surface area contributed by atoms with Crippen LogP contribution in [0.2, 0.25) is 0 Å². The van der Waals surface area contributed by atoms with Gasteiger partial charge in [-0.25, -0.2) is 0 Å². The molecule has 1 aliphatic heterocycles. The summed E-state index contributed by atoms with van der Waals surface area (Å²) in [5.74, 6) is 0.358. The number of nitrogens with two attached hydrogens (primary N) is 1. The van der Waals surface area contributed by atoms with E-state index in [1.807, 2.05) is 12.3 Å². The Morgan fingerprint density at radius 2 is 2.38 bits per heavy atom. The van der Waals surface area contributed by atoms with Gasteiger partial charge in [0.05, 0.1) is 0 Å². The molecule has 90 valence electrons. The van der Waals surface area contributed by atoms with Gasteiger partial charge in [0.2, 0.25) is 0 Å². The average molecular weight is 263 g/mol. The van der Waals surface area contributed by atoms with Crippen molar-refractivity contribution in [3.63, 3.8) is 0 Å². The number of likely N-dealkylation sites (tertiary alicyclic amines) is 1. The van der Waals surface area contributed by atoms with Crippen LogP contribution in [0.25, 0.3) is 0 Å². The number of furan rings is 1. The molecule has 0 aromatic carbocycles. The monoisotopic (exact) mass is 262 g/mol. The number of rotatable bonds is 2. The van der Waals surface area contributed by atoms with Gasteiger partial charge in [-0.15, -0.1) is 12.4 Å². The lowest BCUT2D eigenvalue weighted by atomic mass is 10.3. The third kappa shape index (κ3) is 2.72. The van der Waals surface area contributed by atoms with Crippen LogP contribution < -0.4 is 5.73 Å². The Labute approximate surface area is 105 Å². The van der Waals surface area contributed by atoms with E-state index in [1.165, 1.54) is 11.8 Å². The van der Waals surface area contributed by atoms with E-state index in [0.717, 1.165) is 18.1 Å². The summed E-state index contributed by atoms with van der Waals surface area (Å²) in [7, 11) is 0. The number of thioether (sulfide) groups is 1. The van der Waals surface area contributed by atoms with Crippen LogP contribution in [0.3, 0.4) is 0 Å². The lowest BCUT2D eigenvalue weighted by Gasteiger charge is -2.13. The molecule has 1 aromatic heterocycles. The summed E-state index contributed by atoms with van der Waals surface area (Å²) in [6, 6.07) is 3.65. The number of nitrogens with zero attached hydrogens (tertiary/aromatic N) is 1. The first-order valence-electron chi connectivity index (χ1n) is 4.89. The first kappa shape index (κ1) is 13.4. The highest BCUT2D eigenvalue weighted by atomic mass is 35.5. The van der Waals surface area contributed by atoms with Crippen LogP contribution in [-0.4, -0.2) is 36.2 Å². The van der Waals surface area contributed by atoms with E-state index in [0.29, 0.717) is 12.3 Å². The van der Waals surface area contributed by atoms with Gasteiger partial charge in [-0.05, 0) is 24.8 Å². The predicted octanol–water partition coefficient (Wildman–Crippen LogP) is 1.60. The molecule has 4 nitrogen and oxygen atoms in total. The molecule has 1 atom stereocenters.